The summed E-state index contributed by atoms with van der Waals surface area (Å²) >= 11 is 0. The van der Waals surface area contributed by atoms with Crippen molar-refractivity contribution in [2.45, 2.75) is 33.1 Å². The predicted octanol–water partition coefficient (Wildman–Crippen LogP) is 2.60. The molecule has 0 aliphatic carbocycles. The van der Waals surface area contributed by atoms with E-state index in [-0.39, 0.29) is 5.41 Å². The van der Waals surface area contributed by atoms with Gasteiger partial charge in [0.05, 0.1) is 0 Å². The van der Waals surface area contributed by atoms with Crippen molar-refractivity contribution in [3.05, 3.63) is 12.7 Å². The summed E-state index contributed by atoms with van der Waals surface area (Å²) in [5.74, 6) is 0. The smallest absolute Gasteiger partial charge is 0.0462 e. The maximum Gasteiger partial charge on any atom is 0.0462 e. The summed E-state index contributed by atoms with van der Waals surface area (Å²) in [6.07, 6.45) is 5.61. The van der Waals surface area contributed by atoms with Gasteiger partial charge >= 0.3 is 0 Å². The number of rotatable bonds is 9. The van der Waals surface area contributed by atoms with Crippen molar-refractivity contribution >= 4 is 0 Å². The van der Waals surface area contributed by atoms with Gasteiger partial charge in [-0.05, 0) is 24.8 Å². The second-order valence-corrected chi connectivity index (χ2v) is 4.09. The van der Waals surface area contributed by atoms with E-state index >= 15 is 0 Å². The second-order valence-electron chi connectivity index (χ2n) is 4.09. The Labute approximate surface area is 88.7 Å². The van der Waals surface area contributed by atoms with Gasteiger partial charge in [0.15, 0.2) is 0 Å². The molecule has 1 unspecified atom stereocenters. The van der Waals surface area contributed by atoms with E-state index in [9.17, 15) is 0 Å². The molecular weight excluding hydrogens is 174 g/mol. The largest absolute Gasteiger partial charge is 0.385 e. The standard InChI is InChI=1S/C12H25NO/c1-5-12(3,11-13-6-2)9-7-8-10-14-4/h5,13H,1,6-11H2,2-4H3. The summed E-state index contributed by atoms with van der Waals surface area (Å²) < 4.78 is 5.03. The van der Waals surface area contributed by atoms with Crippen LogP contribution in [0.2, 0.25) is 0 Å². The Morgan fingerprint density at radius 3 is 2.64 bits per heavy atom. The zero-order valence-corrected chi connectivity index (χ0v) is 9.94. The van der Waals surface area contributed by atoms with Crippen LogP contribution < -0.4 is 5.32 Å². The van der Waals surface area contributed by atoms with Gasteiger partial charge in [0, 0.05) is 20.3 Å². The Kier molecular flexibility index (Phi) is 7.81. The molecule has 0 fully saturated rings. The van der Waals surface area contributed by atoms with Gasteiger partial charge in [-0.15, -0.1) is 6.58 Å². The number of hydrogen-bond donors (Lipinski definition) is 1. The molecular formula is C12H25NO. The fourth-order valence-corrected chi connectivity index (χ4v) is 1.45. The zero-order valence-electron chi connectivity index (χ0n) is 9.94. The van der Waals surface area contributed by atoms with E-state index in [1.165, 1.54) is 12.8 Å². The van der Waals surface area contributed by atoms with E-state index in [0.717, 1.165) is 26.1 Å². The zero-order chi connectivity index (χ0) is 10.9. The lowest BCUT2D eigenvalue weighted by atomic mass is 9.85. The quantitative estimate of drug-likeness (QED) is 0.455. The molecule has 1 atom stereocenters. The lowest BCUT2D eigenvalue weighted by Gasteiger charge is -2.25. The molecule has 0 aromatic heterocycles. The first-order valence-electron chi connectivity index (χ1n) is 5.52. The van der Waals surface area contributed by atoms with Crippen molar-refractivity contribution < 1.29 is 4.74 Å². The Balaban J connectivity index is 3.68. The number of hydrogen-bond acceptors (Lipinski definition) is 2. The van der Waals surface area contributed by atoms with Gasteiger partial charge in [0.25, 0.3) is 0 Å². The van der Waals surface area contributed by atoms with E-state index in [1.54, 1.807) is 7.11 Å². The molecule has 1 N–H and O–H groups in total. The molecule has 0 aromatic carbocycles. The predicted molar refractivity (Wildman–Crippen MR) is 62.6 cm³/mol. The number of unbranched alkanes of at least 4 members (excludes halogenated alkanes) is 1. The average Bonchev–Trinajstić information content (AvgIpc) is 2.22. The minimum absolute atomic E-state index is 0.240. The molecule has 0 amide bonds. The van der Waals surface area contributed by atoms with Gasteiger partial charge in [-0.2, -0.15) is 0 Å². The van der Waals surface area contributed by atoms with Crippen LogP contribution in [0.5, 0.6) is 0 Å². The number of nitrogens with one attached hydrogen (secondary N) is 1. The van der Waals surface area contributed by atoms with Gasteiger partial charge in [-0.25, -0.2) is 0 Å². The third kappa shape index (κ3) is 6.17. The van der Waals surface area contributed by atoms with Crippen molar-refractivity contribution in [2.24, 2.45) is 5.41 Å². The van der Waals surface area contributed by atoms with Crippen molar-refractivity contribution in [1.29, 1.82) is 0 Å². The van der Waals surface area contributed by atoms with Crippen LogP contribution in [-0.2, 0) is 4.74 Å². The normalized spacial score (nSPS) is 15.1. The van der Waals surface area contributed by atoms with E-state index in [4.69, 9.17) is 4.74 Å². The van der Waals surface area contributed by atoms with Crippen LogP contribution in [0, 0.1) is 5.41 Å². The third-order valence-corrected chi connectivity index (χ3v) is 2.62. The van der Waals surface area contributed by atoms with Crippen molar-refractivity contribution in [2.75, 3.05) is 26.8 Å². The summed E-state index contributed by atoms with van der Waals surface area (Å²) in [6.45, 7) is 11.2. The van der Waals surface area contributed by atoms with E-state index in [1.807, 2.05) is 0 Å². The first-order valence-corrected chi connectivity index (χ1v) is 5.52. The molecule has 0 aliphatic rings. The minimum atomic E-state index is 0.240. The number of ether oxygens (including phenoxy) is 1. The lowest BCUT2D eigenvalue weighted by molar-refractivity contribution is 0.187. The van der Waals surface area contributed by atoms with Gasteiger partial charge in [-0.1, -0.05) is 26.3 Å². The van der Waals surface area contributed by atoms with Crippen LogP contribution in [-0.4, -0.2) is 26.8 Å². The van der Waals surface area contributed by atoms with Crippen molar-refractivity contribution in [3.8, 4) is 0 Å². The molecule has 2 heteroatoms. The summed E-state index contributed by atoms with van der Waals surface area (Å²) in [5.41, 5.74) is 0.240. The molecule has 0 aromatic rings. The highest BCUT2D eigenvalue weighted by atomic mass is 16.5. The molecule has 0 radical (unpaired) electrons. The average molecular weight is 199 g/mol. The maximum absolute atomic E-state index is 5.03. The first-order chi connectivity index (χ1) is 6.68. The van der Waals surface area contributed by atoms with Crippen molar-refractivity contribution in [3.63, 3.8) is 0 Å². The molecule has 0 heterocycles. The molecule has 0 saturated carbocycles. The highest BCUT2D eigenvalue weighted by Gasteiger charge is 2.18. The van der Waals surface area contributed by atoms with E-state index in [0.29, 0.717) is 0 Å². The molecule has 0 saturated heterocycles. The summed E-state index contributed by atoms with van der Waals surface area (Å²) in [7, 11) is 1.76. The van der Waals surface area contributed by atoms with Gasteiger partial charge < -0.3 is 10.1 Å². The van der Waals surface area contributed by atoms with Gasteiger partial charge in [-0.3, -0.25) is 0 Å². The first kappa shape index (κ1) is 13.7. The monoisotopic (exact) mass is 199 g/mol. The molecule has 2 nitrogen and oxygen atoms in total. The van der Waals surface area contributed by atoms with Crippen LogP contribution in [0.3, 0.4) is 0 Å². The molecule has 0 aliphatic heterocycles. The molecule has 0 rings (SSSR count). The van der Waals surface area contributed by atoms with Crippen LogP contribution in [0.1, 0.15) is 33.1 Å². The van der Waals surface area contributed by atoms with E-state index in [2.05, 4.69) is 31.8 Å². The fourth-order valence-electron chi connectivity index (χ4n) is 1.45. The Morgan fingerprint density at radius 2 is 2.14 bits per heavy atom. The van der Waals surface area contributed by atoms with Crippen LogP contribution in [0.4, 0.5) is 0 Å². The number of methoxy groups -OCH3 is 1. The lowest BCUT2D eigenvalue weighted by Crippen LogP contribution is -2.30. The summed E-state index contributed by atoms with van der Waals surface area (Å²) in [4.78, 5) is 0. The topological polar surface area (TPSA) is 21.3 Å². The summed E-state index contributed by atoms with van der Waals surface area (Å²) in [6, 6.07) is 0. The molecule has 84 valence electrons. The van der Waals surface area contributed by atoms with E-state index < -0.39 is 0 Å². The fraction of sp³-hybridized carbons (Fsp3) is 0.833. The highest BCUT2D eigenvalue weighted by Crippen LogP contribution is 2.24. The van der Waals surface area contributed by atoms with Crippen LogP contribution in [0.25, 0.3) is 0 Å². The Morgan fingerprint density at radius 1 is 1.43 bits per heavy atom. The molecule has 14 heavy (non-hydrogen) atoms. The van der Waals surface area contributed by atoms with Gasteiger partial charge in [0.2, 0.25) is 0 Å². The molecule has 0 bridgehead atoms. The summed E-state index contributed by atoms with van der Waals surface area (Å²) in [5, 5.41) is 3.38. The maximum atomic E-state index is 5.03. The minimum Gasteiger partial charge on any atom is -0.385 e. The van der Waals surface area contributed by atoms with Crippen LogP contribution >= 0.6 is 0 Å². The SMILES string of the molecule is C=CC(C)(CCCCOC)CNCC. The van der Waals surface area contributed by atoms with Crippen molar-refractivity contribution in [1.82, 2.24) is 5.32 Å². The van der Waals surface area contributed by atoms with Crippen LogP contribution in [0.15, 0.2) is 12.7 Å². The Hall–Kier alpha value is -0.340. The van der Waals surface area contributed by atoms with Gasteiger partial charge in [0.1, 0.15) is 0 Å². The Bertz CT molecular complexity index is 147. The second kappa shape index (κ2) is 8.01. The molecule has 0 spiro atoms. The highest BCUT2D eigenvalue weighted by molar-refractivity contribution is 4.92. The third-order valence-electron chi connectivity index (χ3n) is 2.62.